The number of hydrogen-bond acceptors (Lipinski definition) is 5. The summed E-state index contributed by atoms with van der Waals surface area (Å²) in [7, 11) is 1.61. The van der Waals surface area contributed by atoms with Gasteiger partial charge in [0.2, 0.25) is 5.91 Å². The Bertz CT molecular complexity index is 1030. The highest BCUT2D eigenvalue weighted by atomic mass is 32.1. The number of nitrogens with one attached hydrogen (secondary N) is 1. The van der Waals surface area contributed by atoms with Gasteiger partial charge in [0.05, 0.1) is 35.7 Å². The number of aromatic nitrogens is 1. The summed E-state index contributed by atoms with van der Waals surface area (Å²) in [4.78, 5) is 29.1. The summed E-state index contributed by atoms with van der Waals surface area (Å²) < 4.78 is 6.23. The first-order valence-corrected chi connectivity index (χ1v) is 9.81. The zero-order chi connectivity index (χ0) is 19.7. The number of carbonyl (C=O) groups is 2. The van der Waals surface area contributed by atoms with Crippen molar-refractivity contribution in [3.05, 3.63) is 58.6 Å². The summed E-state index contributed by atoms with van der Waals surface area (Å²) in [5.74, 6) is -0.463. The molecule has 1 aliphatic rings. The van der Waals surface area contributed by atoms with Crippen molar-refractivity contribution in [3.63, 3.8) is 0 Å². The van der Waals surface area contributed by atoms with E-state index in [1.165, 1.54) is 11.3 Å². The maximum absolute atomic E-state index is 13.0. The third-order valence-corrected chi connectivity index (χ3v) is 6.22. The van der Waals surface area contributed by atoms with Crippen molar-refractivity contribution >= 4 is 33.4 Å². The first kappa shape index (κ1) is 18.4. The van der Waals surface area contributed by atoms with Crippen LogP contribution in [-0.4, -0.2) is 29.1 Å². The topological polar surface area (TPSA) is 88.5 Å². The summed E-state index contributed by atoms with van der Waals surface area (Å²) in [6.45, 7) is 0.276. The molecule has 1 amide bonds. The van der Waals surface area contributed by atoms with Gasteiger partial charge in [0.15, 0.2) is 0 Å². The van der Waals surface area contributed by atoms with Crippen LogP contribution in [0.5, 0.6) is 5.75 Å². The molecule has 0 radical (unpaired) electrons. The van der Waals surface area contributed by atoms with Gasteiger partial charge in [-0.1, -0.05) is 24.3 Å². The van der Waals surface area contributed by atoms with Crippen molar-refractivity contribution in [1.29, 1.82) is 0 Å². The molecule has 144 valence electrons. The van der Waals surface area contributed by atoms with Crippen LogP contribution in [-0.2, 0) is 29.0 Å². The Kier molecular flexibility index (Phi) is 4.77. The molecule has 7 heteroatoms. The number of carboxylic acid groups (broad SMARTS) is 1. The summed E-state index contributed by atoms with van der Waals surface area (Å²) in [5.41, 5.74) is 1.97. The van der Waals surface area contributed by atoms with Crippen molar-refractivity contribution in [2.75, 3.05) is 7.11 Å². The van der Waals surface area contributed by atoms with Crippen LogP contribution in [0.2, 0.25) is 0 Å². The smallest absolute Gasteiger partial charge is 0.304 e. The lowest BCUT2D eigenvalue weighted by atomic mass is 9.80. The van der Waals surface area contributed by atoms with Crippen molar-refractivity contribution < 1.29 is 19.4 Å². The fraction of sp³-hybridized carbons (Fsp3) is 0.286. The number of ether oxygens (including phenoxy) is 1. The Morgan fingerprint density at radius 1 is 1.21 bits per heavy atom. The highest BCUT2D eigenvalue weighted by molar-refractivity contribution is 7.18. The zero-order valence-electron chi connectivity index (χ0n) is 15.4. The number of carbonyl (C=O) groups excluding carboxylic acids is 1. The minimum atomic E-state index is -0.963. The van der Waals surface area contributed by atoms with Crippen molar-refractivity contribution in [3.8, 4) is 5.75 Å². The molecule has 3 aromatic rings. The molecule has 0 fully saturated rings. The molecule has 28 heavy (non-hydrogen) atoms. The molecule has 2 N–H and O–H groups in total. The average molecular weight is 396 g/mol. The molecule has 0 atom stereocenters. The summed E-state index contributed by atoms with van der Waals surface area (Å²) in [6, 6.07) is 13.4. The number of rotatable bonds is 6. The van der Waals surface area contributed by atoms with Gasteiger partial charge >= 0.3 is 5.97 Å². The van der Waals surface area contributed by atoms with Gasteiger partial charge in [-0.3, -0.25) is 9.59 Å². The lowest BCUT2D eigenvalue weighted by Crippen LogP contribution is -2.43. The van der Waals surface area contributed by atoms with E-state index in [0.717, 1.165) is 32.1 Å². The Balaban J connectivity index is 1.52. The van der Waals surface area contributed by atoms with Crippen LogP contribution in [0, 0.1) is 5.41 Å². The van der Waals surface area contributed by atoms with Crippen LogP contribution >= 0.6 is 11.3 Å². The maximum Gasteiger partial charge on any atom is 0.304 e. The van der Waals surface area contributed by atoms with Crippen LogP contribution in [0.15, 0.2) is 42.5 Å². The Labute approximate surface area is 166 Å². The molecule has 0 unspecified atom stereocenters. The zero-order valence-corrected chi connectivity index (χ0v) is 16.2. The maximum atomic E-state index is 13.0. The quantitative estimate of drug-likeness (QED) is 0.668. The van der Waals surface area contributed by atoms with Gasteiger partial charge < -0.3 is 15.2 Å². The number of carboxylic acids is 1. The third-order valence-electron chi connectivity index (χ3n) is 5.19. The van der Waals surface area contributed by atoms with Gasteiger partial charge in [-0.2, -0.15) is 0 Å². The standard InChI is InChI=1S/C21H20N2O4S/c1-27-15-6-7-17-16(8-15)23-18(28-17)12-22-20(26)21(11-19(24)25)9-13-4-2-3-5-14(13)10-21/h2-8H,9-12H2,1H3,(H,22,26)(H,24,25). The van der Waals surface area contributed by atoms with Gasteiger partial charge in [-0.15, -0.1) is 11.3 Å². The molecule has 4 rings (SSSR count). The minimum absolute atomic E-state index is 0.190. The van der Waals surface area contributed by atoms with E-state index < -0.39 is 11.4 Å². The number of hydrogen-bond donors (Lipinski definition) is 2. The molecule has 1 aromatic heterocycles. The lowest BCUT2D eigenvalue weighted by Gasteiger charge is -2.25. The van der Waals surface area contributed by atoms with Gasteiger partial charge in [0, 0.05) is 6.07 Å². The molecule has 2 aromatic carbocycles. The number of thiazole rings is 1. The molecule has 0 saturated carbocycles. The first-order chi connectivity index (χ1) is 13.5. The molecule has 0 bridgehead atoms. The summed E-state index contributed by atoms with van der Waals surface area (Å²) in [6.07, 6.45) is 0.696. The Morgan fingerprint density at radius 3 is 2.57 bits per heavy atom. The van der Waals surface area contributed by atoms with E-state index in [0.29, 0.717) is 12.8 Å². The van der Waals surface area contributed by atoms with Crippen LogP contribution < -0.4 is 10.1 Å². The highest BCUT2D eigenvalue weighted by Crippen LogP contribution is 2.40. The largest absolute Gasteiger partial charge is 0.497 e. The number of methoxy groups -OCH3 is 1. The van der Waals surface area contributed by atoms with E-state index in [4.69, 9.17) is 4.74 Å². The number of nitrogens with zero attached hydrogens (tertiary/aromatic N) is 1. The molecular weight excluding hydrogens is 376 g/mol. The highest BCUT2D eigenvalue weighted by Gasteiger charge is 2.45. The summed E-state index contributed by atoms with van der Waals surface area (Å²) >= 11 is 1.50. The van der Waals surface area contributed by atoms with Crippen LogP contribution in [0.3, 0.4) is 0 Å². The van der Waals surface area contributed by atoms with E-state index in [9.17, 15) is 14.7 Å². The van der Waals surface area contributed by atoms with E-state index in [1.54, 1.807) is 7.11 Å². The van der Waals surface area contributed by atoms with Crippen molar-refractivity contribution in [1.82, 2.24) is 10.3 Å². The second kappa shape index (κ2) is 7.24. The van der Waals surface area contributed by atoms with E-state index >= 15 is 0 Å². The van der Waals surface area contributed by atoms with Gasteiger partial charge in [0.1, 0.15) is 10.8 Å². The predicted molar refractivity (Wildman–Crippen MR) is 107 cm³/mol. The fourth-order valence-electron chi connectivity index (χ4n) is 3.85. The van der Waals surface area contributed by atoms with E-state index in [1.807, 2.05) is 42.5 Å². The minimum Gasteiger partial charge on any atom is -0.497 e. The second-order valence-corrected chi connectivity index (χ2v) is 8.21. The van der Waals surface area contributed by atoms with E-state index in [2.05, 4.69) is 10.3 Å². The van der Waals surface area contributed by atoms with Crippen LogP contribution in [0.4, 0.5) is 0 Å². The molecular formula is C21H20N2O4S. The average Bonchev–Trinajstić information content (AvgIpc) is 3.25. The lowest BCUT2D eigenvalue weighted by molar-refractivity contribution is -0.145. The van der Waals surface area contributed by atoms with Crippen LogP contribution in [0.1, 0.15) is 22.6 Å². The number of amides is 1. The van der Waals surface area contributed by atoms with Gasteiger partial charge in [0.25, 0.3) is 0 Å². The monoisotopic (exact) mass is 396 g/mol. The van der Waals surface area contributed by atoms with Gasteiger partial charge in [-0.05, 0) is 36.1 Å². The molecule has 0 spiro atoms. The first-order valence-electron chi connectivity index (χ1n) is 8.99. The van der Waals surface area contributed by atoms with Crippen molar-refractivity contribution in [2.24, 2.45) is 5.41 Å². The van der Waals surface area contributed by atoms with E-state index in [-0.39, 0.29) is 18.9 Å². The van der Waals surface area contributed by atoms with Gasteiger partial charge in [-0.25, -0.2) is 4.98 Å². The van der Waals surface area contributed by atoms with Crippen molar-refractivity contribution in [2.45, 2.75) is 25.8 Å². The predicted octanol–water partition coefficient (Wildman–Crippen LogP) is 3.18. The number of benzene rings is 2. The SMILES string of the molecule is COc1ccc2sc(CNC(=O)C3(CC(=O)O)Cc4ccccc4C3)nc2c1. The summed E-state index contributed by atoms with van der Waals surface area (Å²) in [5, 5.41) is 13.1. The molecule has 0 aliphatic heterocycles. The molecule has 1 aliphatic carbocycles. The number of fused-ring (bicyclic) bond motifs is 2. The second-order valence-electron chi connectivity index (χ2n) is 7.10. The molecule has 6 nitrogen and oxygen atoms in total. The van der Waals surface area contributed by atoms with Crippen LogP contribution in [0.25, 0.3) is 10.2 Å². The normalized spacial score (nSPS) is 14.6. The Morgan fingerprint density at radius 2 is 1.93 bits per heavy atom. The molecule has 1 heterocycles. The Hall–Kier alpha value is -2.93. The fourth-order valence-corrected chi connectivity index (χ4v) is 4.74. The molecule has 0 saturated heterocycles. The number of aliphatic carboxylic acids is 1. The third kappa shape index (κ3) is 3.45.